The van der Waals surface area contributed by atoms with Crippen LogP contribution in [0.15, 0.2) is 48.5 Å². The second kappa shape index (κ2) is 11.4. The molecule has 2 aromatic carbocycles. The fourth-order valence-electron chi connectivity index (χ4n) is 5.31. The molecule has 2 aliphatic carbocycles. The highest BCUT2D eigenvalue weighted by atomic mass is 16.5. The maximum absolute atomic E-state index is 12.7. The van der Waals surface area contributed by atoms with Crippen molar-refractivity contribution in [2.75, 3.05) is 13.2 Å². The Labute approximate surface area is 204 Å². The number of aliphatic hydroxyl groups excluding tert-OH is 1. The maximum Gasteiger partial charge on any atom is 0.407 e. The highest BCUT2D eigenvalue weighted by molar-refractivity contribution is 5.83. The van der Waals surface area contributed by atoms with Crippen molar-refractivity contribution in [2.45, 2.75) is 56.5 Å². The first-order chi connectivity index (χ1) is 17.0. The van der Waals surface area contributed by atoms with E-state index in [4.69, 9.17) is 9.84 Å². The van der Waals surface area contributed by atoms with Crippen LogP contribution in [0.2, 0.25) is 0 Å². The number of carbonyl (C=O) groups is 3. The minimum absolute atomic E-state index is 0.0273. The third kappa shape index (κ3) is 5.82. The SMILES string of the molecule is O=C(C[C@@H]1CCCC[C@@H]1NC(=O)OCC1c2ccccc2-c2ccccc21)N[C@H](CCO)C(=O)O. The van der Waals surface area contributed by atoms with Crippen molar-refractivity contribution >= 4 is 18.0 Å². The van der Waals surface area contributed by atoms with E-state index in [1.54, 1.807) is 0 Å². The highest BCUT2D eigenvalue weighted by Gasteiger charge is 2.32. The number of ether oxygens (including phenoxy) is 1. The number of fused-ring (bicyclic) bond motifs is 3. The molecule has 0 spiro atoms. The number of carboxylic acid groups (broad SMARTS) is 1. The Morgan fingerprint density at radius 3 is 2.23 bits per heavy atom. The van der Waals surface area contributed by atoms with E-state index in [1.165, 1.54) is 0 Å². The summed E-state index contributed by atoms with van der Waals surface area (Å²) in [5, 5.41) is 23.7. The molecule has 1 saturated carbocycles. The zero-order valence-electron chi connectivity index (χ0n) is 19.6. The number of rotatable bonds is 9. The van der Waals surface area contributed by atoms with Crippen molar-refractivity contribution in [1.82, 2.24) is 10.6 Å². The zero-order valence-corrected chi connectivity index (χ0v) is 19.6. The number of carbonyl (C=O) groups excluding carboxylic acids is 2. The molecule has 1 fully saturated rings. The lowest BCUT2D eigenvalue weighted by atomic mass is 9.82. The van der Waals surface area contributed by atoms with E-state index in [0.29, 0.717) is 0 Å². The predicted molar refractivity (Wildman–Crippen MR) is 130 cm³/mol. The molecule has 0 aliphatic heterocycles. The van der Waals surface area contributed by atoms with E-state index in [9.17, 15) is 19.5 Å². The molecule has 2 aliphatic rings. The van der Waals surface area contributed by atoms with Crippen molar-refractivity contribution in [2.24, 2.45) is 5.92 Å². The van der Waals surface area contributed by atoms with Gasteiger partial charge in [-0.05, 0) is 41.0 Å². The summed E-state index contributed by atoms with van der Waals surface area (Å²) in [6, 6.07) is 15.0. The van der Waals surface area contributed by atoms with Crippen LogP contribution in [-0.2, 0) is 14.3 Å². The van der Waals surface area contributed by atoms with Gasteiger partial charge in [0, 0.05) is 31.4 Å². The summed E-state index contributed by atoms with van der Waals surface area (Å²) in [7, 11) is 0. The Morgan fingerprint density at radius 1 is 0.971 bits per heavy atom. The molecule has 0 unspecified atom stereocenters. The van der Waals surface area contributed by atoms with Crippen LogP contribution in [0.3, 0.4) is 0 Å². The van der Waals surface area contributed by atoms with Crippen LogP contribution >= 0.6 is 0 Å². The minimum atomic E-state index is -1.18. The Kier molecular flexibility index (Phi) is 8.02. The van der Waals surface area contributed by atoms with Gasteiger partial charge in [0.15, 0.2) is 0 Å². The summed E-state index contributed by atoms with van der Waals surface area (Å²) < 4.78 is 5.67. The molecule has 0 heterocycles. The lowest BCUT2D eigenvalue weighted by molar-refractivity contribution is -0.142. The van der Waals surface area contributed by atoms with E-state index < -0.39 is 24.0 Å². The number of aliphatic carboxylic acids is 1. The lowest BCUT2D eigenvalue weighted by Gasteiger charge is -2.32. The molecule has 3 atom stereocenters. The molecule has 4 N–H and O–H groups in total. The third-order valence-corrected chi connectivity index (χ3v) is 7.05. The first-order valence-electron chi connectivity index (χ1n) is 12.2. The van der Waals surface area contributed by atoms with Gasteiger partial charge in [-0.3, -0.25) is 4.79 Å². The van der Waals surface area contributed by atoms with Crippen molar-refractivity contribution in [3.05, 3.63) is 59.7 Å². The van der Waals surface area contributed by atoms with Crippen LogP contribution in [0.5, 0.6) is 0 Å². The van der Waals surface area contributed by atoms with Crippen LogP contribution in [-0.4, -0.2) is 53.5 Å². The number of carboxylic acids is 1. The van der Waals surface area contributed by atoms with Gasteiger partial charge >= 0.3 is 12.1 Å². The van der Waals surface area contributed by atoms with Crippen molar-refractivity contribution in [3.8, 4) is 11.1 Å². The topological polar surface area (TPSA) is 125 Å². The molecule has 2 amide bonds. The van der Waals surface area contributed by atoms with Gasteiger partial charge in [0.05, 0.1) is 0 Å². The molecule has 8 heteroatoms. The second-order valence-electron chi connectivity index (χ2n) is 9.30. The monoisotopic (exact) mass is 480 g/mol. The van der Waals surface area contributed by atoms with Gasteiger partial charge < -0.3 is 25.6 Å². The highest BCUT2D eigenvalue weighted by Crippen LogP contribution is 2.44. The Morgan fingerprint density at radius 2 is 1.60 bits per heavy atom. The van der Waals surface area contributed by atoms with Gasteiger partial charge in [0.1, 0.15) is 12.6 Å². The number of aliphatic hydroxyl groups is 1. The van der Waals surface area contributed by atoms with Crippen LogP contribution in [0, 0.1) is 5.92 Å². The Bertz CT molecular complexity index is 1030. The third-order valence-electron chi connectivity index (χ3n) is 7.05. The Balaban J connectivity index is 1.34. The summed E-state index contributed by atoms with van der Waals surface area (Å²) in [6.45, 7) is -0.105. The molecule has 8 nitrogen and oxygen atoms in total. The fraction of sp³-hybridized carbons (Fsp3) is 0.444. The van der Waals surface area contributed by atoms with Gasteiger partial charge in [0.25, 0.3) is 0 Å². The number of alkyl carbamates (subject to hydrolysis) is 1. The number of hydrogen-bond donors (Lipinski definition) is 4. The summed E-state index contributed by atoms with van der Waals surface area (Å²) >= 11 is 0. The Hall–Kier alpha value is -3.39. The minimum Gasteiger partial charge on any atom is -0.480 e. The van der Waals surface area contributed by atoms with Crippen LogP contribution in [0.1, 0.15) is 55.6 Å². The summed E-state index contributed by atoms with van der Waals surface area (Å²) in [5.41, 5.74) is 4.61. The van der Waals surface area contributed by atoms with Gasteiger partial charge in [-0.1, -0.05) is 61.4 Å². The lowest BCUT2D eigenvalue weighted by Crippen LogP contribution is -2.46. The standard InChI is InChI=1S/C27H32N2O6/c30-14-13-24(26(32)33)28-25(31)15-17-7-1-6-12-23(17)29-27(34)35-16-22-20-10-4-2-8-18(20)19-9-3-5-11-21(19)22/h2-5,8-11,17,22-24,30H,1,6-7,12-16H2,(H,28,31)(H,29,34)(H,32,33)/t17-,23-,24+/m0/s1. The molecular weight excluding hydrogens is 448 g/mol. The number of nitrogens with one attached hydrogen (secondary N) is 2. The van der Waals surface area contributed by atoms with Crippen molar-refractivity contribution in [3.63, 3.8) is 0 Å². The molecule has 35 heavy (non-hydrogen) atoms. The molecule has 186 valence electrons. The smallest absolute Gasteiger partial charge is 0.407 e. The quantitative estimate of drug-likeness (QED) is 0.436. The predicted octanol–water partition coefficient (Wildman–Crippen LogP) is 3.43. The fourth-order valence-corrected chi connectivity index (χ4v) is 5.31. The summed E-state index contributed by atoms with van der Waals surface area (Å²) in [6.07, 6.45) is 2.94. The van der Waals surface area contributed by atoms with Gasteiger partial charge in [-0.2, -0.15) is 0 Å². The van der Waals surface area contributed by atoms with Gasteiger partial charge in [-0.15, -0.1) is 0 Å². The summed E-state index contributed by atoms with van der Waals surface area (Å²) in [4.78, 5) is 36.5. The van der Waals surface area contributed by atoms with Crippen molar-refractivity contribution < 1.29 is 29.3 Å². The molecule has 0 bridgehead atoms. The molecule has 0 radical (unpaired) electrons. The van der Waals surface area contributed by atoms with E-state index >= 15 is 0 Å². The van der Waals surface area contributed by atoms with Crippen molar-refractivity contribution in [1.29, 1.82) is 0 Å². The van der Waals surface area contributed by atoms with E-state index in [-0.39, 0.29) is 43.9 Å². The summed E-state index contributed by atoms with van der Waals surface area (Å²) in [5.74, 6) is -1.70. The zero-order chi connectivity index (χ0) is 24.8. The molecule has 4 rings (SSSR count). The van der Waals surface area contributed by atoms with Gasteiger partial charge in [-0.25, -0.2) is 9.59 Å². The van der Waals surface area contributed by atoms with E-state index in [0.717, 1.165) is 47.9 Å². The number of amides is 2. The number of hydrogen-bond acceptors (Lipinski definition) is 5. The molecule has 0 saturated heterocycles. The van der Waals surface area contributed by atoms with Gasteiger partial charge in [0.2, 0.25) is 5.91 Å². The molecular formula is C27H32N2O6. The average molecular weight is 481 g/mol. The van der Waals surface area contributed by atoms with Crippen LogP contribution in [0.25, 0.3) is 11.1 Å². The molecule has 0 aromatic heterocycles. The molecule has 2 aromatic rings. The largest absolute Gasteiger partial charge is 0.480 e. The van der Waals surface area contributed by atoms with Crippen LogP contribution < -0.4 is 10.6 Å². The van der Waals surface area contributed by atoms with E-state index in [2.05, 4.69) is 34.9 Å². The normalized spacial score (nSPS) is 19.8. The first kappa shape index (κ1) is 24.7. The first-order valence-corrected chi connectivity index (χ1v) is 12.2. The maximum atomic E-state index is 12.7. The van der Waals surface area contributed by atoms with E-state index in [1.807, 2.05) is 24.3 Å². The number of benzene rings is 2. The average Bonchev–Trinajstić information content (AvgIpc) is 3.17. The second-order valence-corrected chi connectivity index (χ2v) is 9.30. The van der Waals surface area contributed by atoms with Crippen LogP contribution in [0.4, 0.5) is 4.79 Å².